The second kappa shape index (κ2) is 35.5. The van der Waals surface area contributed by atoms with Crippen molar-refractivity contribution in [3.05, 3.63) is 35.9 Å². The Morgan fingerprint density at radius 3 is 1.71 bits per heavy atom. The summed E-state index contributed by atoms with van der Waals surface area (Å²) in [6.45, 7) is 18.5. The van der Waals surface area contributed by atoms with Gasteiger partial charge in [-0.05, 0) is 81.1 Å². The second-order valence-corrected chi connectivity index (χ2v) is 24.9. The van der Waals surface area contributed by atoms with E-state index in [1.165, 1.54) is 20.8 Å². The molecule has 1 spiro atoms. The monoisotopic (exact) mass is 1220 g/mol. The van der Waals surface area contributed by atoms with E-state index in [-0.39, 0.29) is 37.5 Å². The van der Waals surface area contributed by atoms with Crippen molar-refractivity contribution in [1.29, 1.82) is 0 Å². The quantitative estimate of drug-likeness (QED) is 0.0465. The number of nitrogens with two attached hydrogens (primary N) is 1. The van der Waals surface area contributed by atoms with Crippen LogP contribution in [0.25, 0.3) is 0 Å². The molecular weight excluding hydrogens is 1120 g/mol. The molecule has 18 atom stereocenters. The maximum absolute atomic E-state index is 14.5. The summed E-state index contributed by atoms with van der Waals surface area (Å²) in [5, 5.41) is 40.3. The van der Waals surface area contributed by atoms with Crippen molar-refractivity contribution in [2.75, 3.05) is 13.2 Å². The zero-order chi connectivity index (χ0) is 65.6. The summed E-state index contributed by atoms with van der Waals surface area (Å²) < 4.78 is 14.2. The molecule has 1 aromatic rings. The standard InChI is InChI=1S/C64H101FN8O14/c1-13-34(6)46(30-48(76)47(23-24-52(66)80)68-59(83)43(32-74)28-50(78)53(35(7)14-2)69-58(82)42(17-5)27-41-21-19-18-20-22-41)61(85)70-54(36(8)15-3)51(79)29-44(33-75)60(84)71-56-40(12)67-62(86)55(37(9)16-4)72-63(87)64(31-45(64)26-39(11)65)73-57(81)38(10)25-49(56)77/h18-22,34-40,42-47,53-56,74-75H,13-17,23-33H2,1-12H3,(H2,66,80)(H,67,86)(H,68,83)(H,69,82)(H,70,85)(H,71,84)(H,72,87)(H,73,81)/t34-,35-,36-,37-,38+,39?,40-,42+,43-,44-,45?,46+,47+,53-,54-,55-,56+,64?/m0/s1. The molecule has 8 amide bonds. The van der Waals surface area contributed by atoms with Crippen LogP contribution in [0.4, 0.5) is 4.39 Å². The summed E-state index contributed by atoms with van der Waals surface area (Å²) in [5.41, 5.74) is 4.93. The highest BCUT2D eigenvalue weighted by Gasteiger charge is 2.62. The number of amides is 8. The normalized spacial score (nSPS) is 24.1. The van der Waals surface area contributed by atoms with Crippen molar-refractivity contribution < 1.29 is 72.1 Å². The third-order valence-corrected chi connectivity index (χ3v) is 18.2. The van der Waals surface area contributed by atoms with Crippen LogP contribution in [0, 0.1) is 59.2 Å². The molecule has 1 aliphatic carbocycles. The number of hydrogen-bond acceptors (Lipinski definition) is 14. The van der Waals surface area contributed by atoms with E-state index in [0.29, 0.717) is 38.5 Å². The first-order valence-electron chi connectivity index (χ1n) is 31.4. The lowest BCUT2D eigenvalue weighted by Crippen LogP contribution is -2.61. The molecular formula is C64H101FN8O14. The van der Waals surface area contributed by atoms with Gasteiger partial charge in [0, 0.05) is 49.9 Å². The molecule has 1 saturated carbocycles. The topological polar surface area (TPSA) is 356 Å². The molecule has 87 heavy (non-hydrogen) atoms. The minimum absolute atomic E-state index is 0.0310. The van der Waals surface area contributed by atoms with Crippen molar-refractivity contribution in [3.63, 3.8) is 0 Å². The number of carbonyl (C=O) groups is 12. The highest BCUT2D eigenvalue weighted by Crippen LogP contribution is 2.48. The third-order valence-electron chi connectivity index (χ3n) is 18.2. The van der Waals surface area contributed by atoms with Gasteiger partial charge in [0.2, 0.25) is 47.3 Å². The van der Waals surface area contributed by atoms with Crippen LogP contribution in [0.1, 0.15) is 172 Å². The average molecular weight is 1230 g/mol. The molecule has 0 radical (unpaired) electrons. The Balaban J connectivity index is 1.85. The molecule has 488 valence electrons. The smallest absolute Gasteiger partial charge is 0.246 e. The first kappa shape index (κ1) is 74.8. The van der Waals surface area contributed by atoms with Crippen LogP contribution < -0.4 is 43.0 Å². The third kappa shape index (κ3) is 21.7. The van der Waals surface area contributed by atoms with Crippen LogP contribution in [0.2, 0.25) is 0 Å². The number of ketones is 4. The molecule has 1 heterocycles. The Labute approximate surface area is 512 Å². The Hall–Kier alpha value is -6.49. The Bertz CT molecular complexity index is 2550. The Kier molecular flexibility index (Phi) is 30.5. The maximum atomic E-state index is 14.5. The highest BCUT2D eigenvalue weighted by atomic mass is 19.1. The van der Waals surface area contributed by atoms with Crippen molar-refractivity contribution in [1.82, 2.24) is 37.2 Å². The molecule has 2 aliphatic rings. The predicted molar refractivity (Wildman–Crippen MR) is 324 cm³/mol. The number of carbonyl (C=O) groups excluding carboxylic acids is 12. The minimum Gasteiger partial charge on any atom is -0.396 e. The van der Waals surface area contributed by atoms with Crippen LogP contribution in [-0.4, -0.2) is 142 Å². The summed E-state index contributed by atoms with van der Waals surface area (Å²) in [4.78, 5) is 167. The summed E-state index contributed by atoms with van der Waals surface area (Å²) in [7, 11) is 0. The summed E-state index contributed by atoms with van der Waals surface area (Å²) in [6, 6.07) is 1.89. The van der Waals surface area contributed by atoms with Gasteiger partial charge in [-0.15, -0.1) is 0 Å². The van der Waals surface area contributed by atoms with Crippen molar-refractivity contribution in [2.24, 2.45) is 64.9 Å². The van der Waals surface area contributed by atoms with Crippen LogP contribution in [0.3, 0.4) is 0 Å². The molecule has 1 aromatic carbocycles. The number of nitrogens with one attached hydrogen (secondary N) is 7. The maximum Gasteiger partial charge on any atom is 0.246 e. The molecule has 3 unspecified atom stereocenters. The van der Waals surface area contributed by atoms with E-state index in [1.54, 1.807) is 48.5 Å². The number of primary amides is 1. The largest absolute Gasteiger partial charge is 0.396 e. The van der Waals surface area contributed by atoms with Gasteiger partial charge in [0.1, 0.15) is 17.6 Å². The number of alkyl halides is 1. The van der Waals surface area contributed by atoms with Gasteiger partial charge >= 0.3 is 0 Å². The summed E-state index contributed by atoms with van der Waals surface area (Å²) in [6.07, 6.45) is -1.46. The zero-order valence-electron chi connectivity index (χ0n) is 53.3. The Morgan fingerprint density at radius 2 is 1.21 bits per heavy atom. The fraction of sp³-hybridized carbons (Fsp3) is 0.719. The fourth-order valence-corrected chi connectivity index (χ4v) is 11.2. The number of rotatable bonds is 35. The number of aliphatic hydroxyl groups is 2. The lowest BCUT2D eigenvalue weighted by molar-refractivity contribution is -0.138. The number of Topliss-reactive ketones (excluding diaryl/α,β-unsaturated/α-hetero) is 4. The molecule has 22 nitrogen and oxygen atoms in total. The lowest BCUT2D eigenvalue weighted by atomic mass is 9.83. The van der Waals surface area contributed by atoms with Crippen molar-refractivity contribution in [2.45, 2.75) is 221 Å². The summed E-state index contributed by atoms with van der Waals surface area (Å²) >= 11 is 0. The van der Waals surface area contributed by atoms with Gasteiger partial charge < -0.3 is 53.2 Å². The summed E-state index contributed by atoms with van der Waals surface area (Å²) in [5.74, 6) is -16.3. The number of aliphatic hydroxyl groups excluding tert-OH is 2. The van der Waals surface area contributed by atoms with E-state index in [2.05, 4.69) is 37.2 Å². The average Bonchev–Trinajstić information content (AvgIpc) is 1.74. The lowest BCUT2D eigenvalue weighted by Gasteiger charge is -2.31. The fourth-order valence-electron chi connectivity index (χ4n) is 11.2. The van der Waals surface area contributed by atoms with E-state index < -0.39 is 205 Å². The first-order valence-corrected chi connectivity index (χ1v) is 31.4. The molecule has 23 heteroatoms. The predicted octanol–water partition coefficient (Wildman–Crippen LogP) is 3.58. The van der Waals surface area contributed by atoms with Crippen LogP contribution in [0.5, 0.6) is 0 Å². The molecule has 11 N–H and O–H groups in total. The minimum atomic E-state index is -1.51. The van der Waals surface area contributed by atoms with Crippen molar-refractivity contribution in [3.8, 4) is 0 Å². The van der Waals surface area contributed by atoms with Gasteiger partial charge in [-0.3, -0.25) is 57.5 Å². The molecule has 1 saturated heterocycles. The van der Waals surface area contributed by atoms with Crippen LogP contribution in [-0.2, 0) is 64.0 Å². The number of benzene rings is 1. The van der Waals surface area contributed by atoms with E-state index >= 15 is 0 Å². The molecule has 3 rings (SSSR count). The van der Waals surface area contributed by atoms with Gasteiger partial charge in [-0.2, -0.15) is 0 Å². The van der Waals surface area contributed by atoms with Crippen LogP contribution >= 0.6 is 0 Å². The second-order valence-electron chi connectivity index (χ2n) is 24.9. The number of halogens is 1. The van der Waals surface area contributed by atoms with E-state index in [4.69, 9.17) is 5.73 Å². The Morgan fingerprint density at radius 1 is 0.667 bits per heavy atom. The van der Waals surface area contributed by atoms with Gasteiger partial charge in [-0.25, -0.2) is 4.39 Å². The van der Waals surface area contributed by atoms with E-state index in [1.807, 2.05) is 44.2 Å². The van der Waals surface area contributed by atoms with E-state index in [0.717, 1.165) is 5.56 Å². The van der Waals surface area contributed by atoms with E-state index in [9.17, 15) is 72.1 Å². The van der Waals surface area contributed by atoms with Gasteiger partial charge in [0.15, 0.2) is 23.1 Å². The van der Waals surface area contributed by atoms with Gasteiger partial charge in [0.05, 0.1) is 55.4 Å². The first-order chi connectivity index (χ1) is 41.0. The van der Waals surface area contributed by atoms with Gasteiger partial charge in [-0.1, -0.05) is 125 Å². The number of hydrogen-bond donors (Lipinski definition) is 10. The molecule has 0 bridgehead atoms. The molecule has 2 fully saturated rings. The van der Waals surface area contributed by atoms with Crippen LogP contribution in [0.15, 0.2) is 30.3 Å². The SMILES string of the molecule is CC[C@H](Cc1ccccc1)C(=O)N[C@H](C(=O)C[C@@H](CO)C(=O)N[C@H](CCC(N)=O)C(=O)C[C@@H](C(=O)N[C@H](C(=O)C[C@@H](CO)C(=O)N[C@H]1C(=O)C[C@@H](C)C(=O)NC2(CC2CC(C)F)C(=O)N[C@@H]([C@@H](C)CC)C(=O)N[C@H]1C)[C@@H](C)CC)[C@@H](C)CC)[C@@H](C)CC. The van der Waals surface area contributed by atoms with Crippen molar-refractivity contribution >= 4 is 70.4 Å². The molecule has 0 aromatic heterocycles. The van der Waals surface area contributed by atoms with Gasteiger partial charge in [0.25, 0.3) is 0 Å². The molecule has 1 aliphatic heterocycles. The zero-order valence-corrected chi connectivity index (χ0v) is 53.3. The highest BCUT2D eigenvalue weighted by molar-refractivity contribution is 6.01.